The number of hydrogen-bond donors (Lipinski definition) is 2. The molecule has 6 rings (SSSR count). The number of halogens is 1. The molecule has 0 radical (unpaired) electrons. The molecular formula is C31H43ClN4O5S. The maximum atomic E-state index is 14.2. The summed E-state index contributed by atoms with van der Waals surface area (Å²) in [5, 5.41) is 6.37. The van der Waals surface area contributed by atoms with E-state index in [-0.39, 0.29) is 36.2 Å². The Hall–Kier alpha value is -2.11. The molecule has 5 aliphatic rings. The number of morpholine rings is 1. The number of hydrogen-bond acceptors (Lipinski definition) is 7. The fourth-order valence-corrected chi connectivity index (χ4v) is 8.02. The Morgan fingerprint density at radius 2 is 1.90 bits per heavy atom. The summed E-state index contributed by atoms with van der Waals surface area (Å²) in [6.45, 7) is 8.41. The van der Waals surface area contributed by atoms with E-state index in [4.69, 9.17) is 9.47 Å². The normalized spacial score (nSPS) is 35.5. The first-order valence-electron chi connectivity index (χ1n) is 15.1. The largest absolute Gasteiger partial charge is 0.379 e. The summed E-state index contributed by atoms with van der Waals surface area (Å²) >= 11 is 1.60. The van der Waals surface area contributed by atoms with Crippen LogP contribution in [-0.4, -0.2) is 97.0 Å². The van der Waals surface area contributed by atoms with Gasteiger partial charge in [-0.05, 0) is 42.7 Å². The minimum Gasteiger partial charge on any atom is -0.379 e. The molecule has 2 N–H and O–H groups in total. The number of rotatable bonds is 8. The number of anilines is 1. The molecular weight excluding hydrogens is 576 g/mol. The number of amides is 3. The second-order valence-corrected chi connectivity index (χ2v) is 13.2. The van der Waals surface area contributed by atoms with Crippen molar-refractivity contribution in [3.05, 3.63) is 36.4 Å². The number of carbonyl (C=O) groups excluding carboxylic acids is 3. The van der Waals surface area contributed by atoms with Crippen LogP contribution in [0.25, 0.3) is 0 Å². The third kappa shape index (κ3) is 5.61. The maximum Gasteiger partial charge on any atom is 0.246 e. The first kappa shape index (κ1) is 31.3. The minimum absolute atomic E-state index is 0. The van der Waals surface area contributed by atoms with Crippen molar-refractivity contribution in [1.82, 2.24) is 15.1 Å². The van der Waals surface area contributed by atoms with Gasteiger partial charge in [0.15, 0.2) is 0 Å². The van der Waals surface area contributed by atoms with Crippen LogP contribution in [0.3, 0.4) is 0 Å². The molecule has 4 heterocycles. The number of fused-ring (bicyclic) bond motifs is 1. The molecule has 8 atom stereocenters. The van der Waals surface area contributed by atoms with E-state index in [1.807, 2.05) is 42.7 Å². The smallest absolute Gasteiger partial charge is 0.246 e. The highest BCUT2D eigenvalue weighted by atomic mass is 35.5. The van der Waals surface area contributed by atoms with Crippen LogP contribution in [0.2, 0.25) is 0 Å². The van der Waals surface area contributed by atoms with Crippen LogP contribution >= 0.6 is 24.2 Å². The molecule has 1 saturated carbocycles. The maximum absolute atomic E-state index is 14.2. The van der Waals surface area contributed by atoms with Gasteiger partial charge in [0.25, 0.3) is 0 Å². The summed E-state index contributed by atoms with van der Waals surface area (Å²) in [4.78, 5) is 47.2. The number of likely N-dealkylation sites (tertiary alicyclic amines) is 1. The molecule has 1 aliphatic carbocycles. The summed E-state index contributed by atoms with van der Waals surface area (Å²) in [6.07, 6.45) is 8.39. The standard InChI is InChI=1S/C31H42N4O5S.ClH/c1-19-6-4-9-23(20(19)2)33-29(37)27-31-11-10-24(40-31)25(28(36)32-21-7-5-8-22(18-21)41-3)26(31)30(38)35(27)13-12-34-14-16-39-17-15-34;/h5,7-8,10-11,18-20,23-27H,4,6,9,12-17H2,1-3H3,(H,32,36)(H,33,37);1H. The van der Waals surface area contributed by atoms with Crippen molar-refractivity contribution < 1.29 is 23.9 Å². The average Bonchev–Trinajstić information content (AvgIpc) is 3.62. The summed E-state index contributed by atoms with van der Waals surface area (Å²) < 4.78 is 12.0. The van der Waals surface area contributed by atoms with Gasteiger partial charge in [0.05, 0.1) is 31.2 Å². The second kappa shape index (κ2) is 12.9. The van der Waals surface area contributed by atoms with Crippen LogP contribution in [0.15, 0.2) is 41.3 Å². The van der Waals surface area contributed by atoms with Gasteiger partial charge in [-0.1, -0.05) is 44.9 Å². The molecule has 42 heavy (non-hydrogen) atoms. The topological polar surface area (TPSA) is 100 Å². The SMILES string of the molecule is CSc1cccc(NC(=O)C2C3C=CC4(O3)C2C(=O)N(CCN2CCOCC2)C4C(=O)NC2CCCC(C)C2C)c1.Cl. The molecule has 230 valence electrons. The highest BCUT2D eigenvalue weighted by molar-refractivity contribution is 7.98. The molecule has 0 aromatic heterocycles. The molecule has 3 amide bonds. The molecule has 3 saturated heterocycles. The Kier molecular flexibility index (Phi) is 9.59. The van der Waals surface area contributed by atoms with E-state index in [0.29, 0.717) is 43.8 Å². The monoisotopic (exact) mass is 618 g/mol. The Labute approximate surface area is 258 Å². The van der Waals surface area contributed by atoms with Crippen LogP contribution in [0.1, 0.15) is 33.1 Å². The van der Waals surface area contributed by atoms with E-state index in [0.717, 1.165) is 37.2 Å². The molecule has 2 bridgehead atoms. The predicted octanol–water partition coefficient (Wildman–Crippen LogP) is 3.19. The lowest BCUT2D eigenvalue weighted by atomic mass is 9.73. The van der Waals surface area contributed by atoms with Crippen molar-refractivity contribution in [2.45, 2.75) is 61.8 Å². The Bertz CT molecular complexity index is 1210. The summed E-state index contributed by atoms with van der Waals surface area (Å²) in [5.41, 5.74) is -0.462. The van der Waals surface area contributed by atoms with Gasteiger partial charge in [-0.3, -0.25) is 19.3 Å². The number of thioether (sulfide) groups is 1. The quantitative estimate of drug-likeness (QED) is 0.341. The summed E-state index contributed by atoms with van der Waals surface area (Å²) in [6, 6.07) is 6.92. The van der Waals surface area contributed by atoms with Gasteiger partial charge < -0.3 is 25.0 Å². The zero-order valence-corrected chi connectivity index (χ0v) is 26.3. The fraction of sp³-hybridized carbons (Fsp3) is 0.645. The summed E-state index contributed by atoms with van der Waals surface area (Å²) in [7, 11) is 0. The van der Waals surface area contributed by atoms with E-state index < -0.39 is 29.6 Å². The third-order valence-electron chi connectivity index (χ3n) is 10.1. The molecule has 9 nitrogen and oxygen atoms in total. The Morgan fingerprint density at radius 1 is 1.12 bits per heavy atom. The van der Waals surface area contributed by atoms with Gasteiger partial charge in [0.1, 0.15) is 11.6 Å². The molecule has 1 aromatic rings. The van der Waals surface area contributed by atoms with E-state index in [1.165, 1.54) is 0 Å². The Balaban J connectivity index is 0.00000353. The Morgan fingerprint density at radius 3 is 2.67 bits per heavy atom. The van der Waals surface area contributed by atoms with Gasteiger partial charge >= 0.3 is 0 Å². The predicted molar refractivity (Wildman–Crippen MR) is 165 cm³/mol. The van der Waals surface area contributed by atoms with Crippen molar-refractivity contribution in [3.8, 4) is 0 Å². The molecule has 1 spiro atoms. The van der Waals surface area contributed by atoms with Crippen LogP contribution in [0.5, 0.6) is 0 Å². The third-order valence-corrected chi connectivity index (χ3v) is 10.8. The van der Waals surface area contributed by atoms with Crippen LogP contribution in [0.4, 0.5) is 5.69 Å². The van der Waals surface area contributed by atoms with Crippen LogP contribution in [-0.2, 0) is 23.9 Å². The number of nitrogens with zero attached hydrogens (tertiary/aromatic N) is 2. The van der Waals surface area contributed by atoms with Crippen LogP contribution in [0, 0.1) is 23.7 Å². The lowest BCUT2D eigenvalue weighted by molar-refractivity contribution is -0.142. The van der Waals surface area contributed by atoms with Gasteiger partial charge in [-0.2, -0.15) is 0 Å². The van der Waals surface area contributed by atoms with E-state index in [2.05, 4.69) is 29.4 Å². The van der Waals surface area contributed by atoms with E-state index in [9.17, 15) is 14.4 Å². The van der Waals surface area contributed by atoms with Crippen molar-refractivity contribution in [3.63, 3.8) is 0 Å². The van der Waals surface area contributed by atoms with Gasteiger partial charge in [-0.25, -0.2) is 0 Å². The van der Waals surface area contributed by atoms with Crippen molar-refractivity contribution in [2.75, 3.05) is 51.0 Å². The van der Waals surface area contributed by atoms with Crippen molar-refractivity contribution >= 4 is 47.6 Å². The number of nitrogens with one attached hydrogen (secondary N) is 2. The fourth-order valence-electron chi connectivity index (χ4n) is 7.56. The molecule has 11 heteroatoms. The van der Waals surface area contributed by atoms with Gasteiger partial charge in [-0.15, -0.1) is 24.2 Å². The first-order chi connectivity index (χ1) is 19.8. The number of benzene rings is 1. The minimum atomic E-state index is -1.15. The first-order valence-corrected chi connectivity index (χ1v) is 16.3. The van der Waals surface area contributed by atoms with Gasteiger partial charge in [0, 0.05) is 42.8 Å². The highest BCUT2D eigenvalue weighted by Crippen LogP contribution is 2.55. The second-order valence-electron chi connectivity index (χ2n) is 12.3. The van der Waals surface area contributed by atoms with Crippen molar-refractivity contribution in [2.24, 2.45) is 23.7 Å². The lowest BCUT2D eigenvalue weighted by Crippen LogP contribution is -2.58. The van der Waals surface area contributed by atoms with Gasteiger partial charge in [0.2, 0.25) is 17.7 Å². The number of ether oxygens (including phenoxy) is 2. The lowest BCUT2D eigenvalue weighted by Gasteiger charge is -2.38. The zero-order chi connectivity index (χ0) is 28.7. The van der Waals surface area contributed by atoms with E-state index in [1.54, 1.807) is 16.7 Å². The zero-order valence-electron chi connectivity index (χ0n) is 24.6. The highest BCUT2D eigenvalue weighted by Gasteiger charge is 2.72. The van der Waals surface area contributed by atoms with Crippen LogP contribution < -0.4 is 10.6 Å². The molecule has 8 unspecified atom stereocenters. The summed E-state index contributed by atoms with van der Waals surface area (Å²) in [5.74, 6) is -1.17. The van der Waals surface area contributed by atoms with Crippen molar-refractivity contribution in [1.29, 1.82) is 0 Å². The van der Waals surface area contributed by atoms with E-state index >= 15 is 0 Å². The molecule has 4 fully saturated rings. The molecule has 4 aliphatic heterocycles. The average molecular weight is 619 g/mol. The number of carbonyl (C=O) groups is 3. The molecule has 1 aromatic carbocycles.